The van der Waals surface area contributed by atoms with E-state index in [0.29, 0.717) is 28.6 Å². The van der Waals surface area contributed by atoms with Crippen LogP contribution in [0.2, 0.25) is 5.02 Å². The Labute approximate surface area is 161 Å². The summed E-state index contributed by atoms with van der Waals surface area (Å²) < 4.78 is 5.57. The van der Waals surface area contributed by atoms with Crippen molar-refractivity contribution in [3.8, 4) is 5.75 Å². The summed E-state index contributed by atoms with van der Waals surface area (Å²) in [6, 6.07) is 12.4. The Morgan fingerprint density at radius 2 is 1.85 bits per heavy atom. The van der Waals surface area contributed by atoms with E-state index in [1.807, 2.05) is 6.92 Å². The number of carbonyl (C=O) groups excluding carboxylic acids is 3. The average Bonchev–Trinajstić information content (AvgIpc) is 2.65. The molecule has 0 radical (unpaired) electrons. The highest BCUT2D eigenvalue weighted by molar-refractivity contribution is 6.39. The zero-order valence-corrected chi connectivity index (χ0v) is 15.3. The molecule has 27 heavy (non-hydrogen) atoms. The molecule has 2 aromatic carbocycles. The van der Waals surface area contributed by atoms with Crippen LogP contribution in [0.1, 0.15) is 18.9 Å². The highest BCUT2D eigenvalue weighted by Gasteiger charge is 2.36. The van der Waals surface area contributed by atoms with E-state index in [2.05, 4.69) is 5.32 Å². The highest BCUT2D eigenvalue weighted by Crippen LogP contribution is 2.24. The first kappa shape index (κ1) is 18.7. The molecule has 0 aliphatic carbocycles. The van der Waals surface area contributed by atoms with Crippen LogP contribution in [0, 0.1) is 0 Å². The molecule has 1 aliphatic rings. The van der Waals surface area contributed by atoms with Crippen LogP contribution < -0.4 is 15.0 Å². The molecule has 0 atom stereocenters. The molecular formula is C20H17ClN2O4. The van der Waals surface area contributed by atoms with Crippen molar-refractivity contribution in [3.63, 3.8) is 0 Å². The van der Waals surface area contributed by atoms with Crippen molar-refractivity contribution in [3.05, 3.63) is 64.7 Å². The Kier molecular flexibility index (Phi) is 5.57. The van der Waals surface area contributed by atoms with Crippen LogP contribution >= 0.6 is 11.6 Å². The van der Waals surface area contributed by atoms with Gasteiger partial charge in [-0.3, -0.25) is 14.9 Å². The van der Waals surface area contributed by atoms with E-state index in [4.69, 9.17) is 16.3 Å². The molecule has 0 bridgehead atoms. The van der Waals surface area contributed by atoms with E-state index in [-0.39, 0.29) is 5.57 Å². The first-order valence-electron chi connectivity index (χ1n) is 8.39. The van der Waals surface area contributed by atoms with Crippen molar-refractivity contribution in [1.82, 2.24) is 5.32 Å². The zero-order chi connectivity index (χ0) is 19.4. The van der Waals surface area contributed by atoms with Crippen LogP contribution in [0.25, 0.3) is 6.08 Å². The Morgan fingerprint density at radius 3 is 2.56 bits per heavy atom. The van der Waals surface area contributed by atoms with Gasteiger partial charge in [-0.25, -0.2) is 9.69 Å². The summed E-state index contributed by atoms with van der Waals surface area (Å²) in [5, 5.41) is 2.66. The maximum absolute atomic E-state index is 12.8. The van der Waals surface area contributed by atoms with Crippen LogP contribution in [-0.2, 0) is 9.59 Å². The van der Waals surface area contributed by atoms with Gasteiger partial charge in [-0.1, -0.05) is 30.7 Å². The lowest BCUT2D eigenvalue weighted by Crippen LogP contribution is -2.54. The molecule has 7 heteroatoms. The number of nitrogens with one attached hydrogen (secondary N) is 1. The number of rotatable bonds is 5. The number of benzene rings is 2. The van der Waals surface area contributed by atoms with Gasteiger partial charge in [0.05, 0.1) is 12.3 Å². The van der Waals surface area contributed by atoms with Gasteiger partial charge in [-0.05, 0) is 54.5 Å². The molecule has 1 heterocycles. The fraction of sp³-hybridized carbons (Fsp3) is 0.150. The maximum atomic E-state index is 12.8. The summed E-state index contributed by atoms with van der Waals surface area (Å²) in [6.07, 6.45) is 2.30. The van der Waals surface area contributed by atoms with Crippen LogP contribution in [-0.4, -0.2) is 24.5 Å². The van der Waals surface area contributed by atoms with Crippen molar-refractivity contribution < 1.29 is 19.1 Å². The fourth-order valence-electron chi connectivity index (χ4n) is 2.56. The summed E-state index contributed by atoms with van der Waals surface area (Å²) in [5.41, 5.74) is 0.796. The molecule has 0 spiro atoms. The number of urea groups is 1. The van der Waals surface area contributed by atoms with Gasteiger partial charge in [0, 0.05) is 5.02 Å². The summed E-state index contributed by atoms with van der Waals surface area (Å²) in [6.45, 7) is 2.57. The molecule has 4 amide bonds. The third kappa shape index (κ3) is 4.17. The largest absolute Gasteiger partial charge is 0.494 e. The number of imide groups is 2. The van der Waals surface area contributed by atoms with E-state index < -0.39 is 17.8 Å². The van der Waals surface area contributed by atoms with E-state index >= 15 is 0 Å². The van der Waals surface area contributed by atoms with Crippen molar-refractivity contribution in [2.45, 2.75) is 13.3 Å². The topological polar surface area (TPSA) is 75.7 Å². The molecule has 0 unspecified atom stereocenters. The second-order valence-electron chi connectivity index (χ2n) is 5.86. The number of hydrogen-bond donors (Lipinski definition) is 1. The van der Waals surface area contributed by atoms with E-state index in [0.717, 1.165) is 11.3 Å². The molecule has 6 nitrogen and oxygen atoms in total. The number of anilines is 1. The van der Waals surface area contributed by atoms with Gasteiger partial charge in [-0.15, -0.1) is 0 Å². The molecule has 1 N–H and O–H groups in total. The van der Waals surface area contributed by atoms with Gasteiger partial charge in [0.25, 0.3) is 11.8 Å². The minimum absolute atomic E-state index is 0.141. The molecule has 1 aliphatic heterocycles. The minimum atomic E-state index is -0.801. The number of ether oxygens (including phenoxy) is 1. The summed E-state index contributed by atoms with van der Waals surface area (Å²) in [4.78, 5) is 38.1. The molecular weight excluding hydrogens is 368 g/mol. The third-order valence-corrected chi connectivity index (χ3v) is 4.08. The average molecular weight is 385 g/mol. The standard InChI is InChI=1S/C20H17ClN2O4/c1-2-10-27-16-5-3-4-13(11-16)12-17-18(24)22-20(26)23(19(17)25)15-8-6-14(21)7-9-15/h3-9,11-12H,2,10H2,1H3,(H,22,24,26)/b17-12-. The molecule has 0 saturated carbocycles. The monoisotopic (exact) mass is 384 g/mol. The van der Waals surface area contributed by atoms with Gasteiger partial charge in [0.15, 0.2) is 0 Å². The Morgan fingerprint density at radius 1 is 1.11 bits per heavy atom. The lowest BCUT2D eigenvalue weighted by Gasteiger charge is -2.26. The van der Waals surface area contributed by atoms with Crippen molar-refractivity contribution in [2.24, 2.45) is 0 Å². The third-order valence-electron chi connectivity index (χ3n) is 3.83. The summed E-state index contributed by atoms with van der Waals surface area (Å²) in [7, 11) is 0. The van der Waals surface area contributed by atoms with Gasteiger partial charge >= 0.3 is 6.03 Å². The number of nitrogens with zero attached hydrogens (tertiary/aromatic N) is 1. The van der Waals surface area contributed by atoms with Gasteiger partial charge in [-0.2, -0.15) is 0 Å². The highest BCUT2D eigenvalue weighted by atomic mass is 35.5. The molecule has 3 rings (SSSR count). The number of amides is 4. The number of carbonyl (C=O) groups is 3. The van der Waals surface area contributed by atoms with Crippen LogP contribution in [0.5, 0.6) is 5.75 Å². The van der Waals surface area contributed by atoms with Crippen LogP contribution in [0.4, 0.5) is 10.5 Å². The lowest BCUT2D eigenvalue weighted by atomic mass is 10.1. The van der Waals surface area contributed by atoms with E-state index in [1.54, 1.807) is 36.4 Å². The Bertz CT molecular complexity index is 922. The predicted molar refractivity (Wildman–Crippen MR) is 103 cm³/mol. The van der Waals surface area contributed by atoms with Crippen LogP contribution in [0.15, 0.2) is 54.1 Å². The molecule has 138 valence electrons. The van der Waals surface area contributed by atoms with Gasteiger partial charge in [0.2, 0.25) is 0 Å². The maximum Gasteiger partial charge on any atom is 0.335 e. The van der Waals surface area contributed by atoms with E-state index in [1.165, 1.54) is 18.2 Å². The lowest BCUT2D eigenvalue weighted by molar-refractivity contribution is -0.122. The Balaban J connectivity index is 1.93. The van der Waals surface area contributed by atoms with Gasteiger partial charge in [0.1, 0.15) is 11.3 Å². The summed E-state index contributed by atoms with van der Waals surface area (Å²) >= 11 is 5.85. The molecule has 2 aromatic rings. The second kappa shape index (κ2) is 8.05. The smallest absolute Gasteiger partial charge is 0.335 e. The zero-order valence-electron chi connectivity index (χ0n) is 14.6. The summed E-state index contributed by atoms with van der Waals surface area (Å²) in [5.74, 6) is -0.804. The number of hydrogen-bond acceptors (Lipinski definition) is 4. The van der Waals surface area contributed by atoms with Crippen LogP contribution in [0.3, 0.4) is 0 Å². The minimum Gasteiger partial charge on any atom is -0.494 e. The normalized spacial score (nSPS) is 15.9. The van der Waals surface area contributed by atoms with Gasteiger partial charge < -0.3 is 4.74 Å². The fourth-order valence-corrected chi connectivity index (χ4v) is 2.69. The molecule has 1 saturated heterocycles. The van der Waals surface area contributed by atoms with Crippen molar-refractivity contribution in [2.75, 3.05) is 11.5 Å². The first-order chi connectivity index (χ1) is 13.0. The quantitative estimate of drug-likeness (QED) is 0.628. The first-order valence-corrected chi connectivity index (χ1v) is 8.77. The number of halogens is 1. The molecule has 1 fully saturated rings. The molecule has 0 aromatic heterocycles. The Hall–Kier alpha value is -3.12. The predicted octanol–water partition coefficient (Wildman–Crippen LogP) is 3.80. The number of barbiturate groups is 1. The van der Waals surface area contributed by atoms with Crippen molar-refractivity contribution >= 4 is 41.2 Å². The van der Waals surface area contributed by atoms with Crippen molar-refractivity contribution in [1.29, 1.82) is 0 Å². The second-order valence-corrected chi connectivity index (χ2v) is 6.29. The SMILES string of the molecule is CCCOc1cccc(/C=C2/C(=O)NC(=O)N(c3ccc(Cl)cc3)C2=O)c1. The van der Waals surface area contributed by atoms with E-state index in [9.17, 15) is 14.4 Å².